The molecule has 1 atom stereocenters. The van der Waals surface area contributed by atoms with Crippen molar-refractivity contribution in [3.8, 4) is 11.8 Å². The molecule has 0 saturated heterocycles. The van der Waals surface area contributed by atoms with Crippen LogP contribution < -0.4 is 5.01 Å². The fourth-order valence-electron chi connectivity index (χ4n) is 1.94. The van der Waals surface area contributed by atoms with Crippen molar-refractivity contribution in [3.05, 3.63) is 24.3 Å². The van der Waals surface area contributed by atoms with E-state index in [1.165, 1.54) is 19.2 Å². The van der Waals surface area contributed by atoms with Gasteiger partial charge in [-0.2, -0.15) is 10.4 Å². The monoisotopic (exact) mass is 259 g/mol. The lowest BCUT2D eigenvalue weighted by molar-refractivity contribution is -0.140. The zero-order valence-corrected chi connectivity index (χ0v) is 10.4. The maximum atomic E-state index is 11.4. The molecule has 0 aromatic heterocycles. The molecule has 6 nitrogen and oxygen atoms in total. The lowest BCUT2D eigenvalue weighted by Gasteiger charge is -2.22. The van der Waals surface area contributed by atoms with Crippen LogP contribution in [0.15, 0.2) is 29.4 Å². The average Bonchev–Trinajstić information content (AvgIpc) is 2.82. The molecule has 1 aromatic carbocycles. The van der Waals surface area contributed by atoms with Crippen LogP contribution in [0.25, 0.3) is 0 Å². The highest BCUT2D eigenvalue weighted by Gasteiger charge is 2.30. The van der Waals surface area contributed by atoms with Gasteiger partial charge in [0.25, 0.3) is 0 Å². The maximum Gasteiger partial charge on any atom is 0.307 e. The van der Waals surface area contributed by atoms with Crippen LogP contribution in [0.4, 0.5) is 5.69 Å². The molecular formula is C13H13N3O3. The first-order chi connectivity index (χ1) is 9.13. The van der Waals surface area contributed by atoms with Crippen molar-refractivity contribution < 1.29 is 14.6 Å². The lowest BCUT2D eigenvalue weighted by atomic mass is 10.1. The Morgan fingerprint density at radius 3 is 2.84 bits per heavy atom. The van der Waals surface area contributed by atoms with E-state index in [-0.39, 0.29) is 24.2 Å². The summed E-state index contributed by atoms with van der Waals surface area (Å²) >= 11 is 0. The molecule has 0 bridgehead atoms. The van der Waals surface area contributed by atoms with Gasteiger partial charge < -0.3 is 9.84 Å². The number of ether oxygens (including phenoxy) is 1. The number of rotatable bonds is 3. The largest absolute Gasteiger partial charge is 0.508 e. The van der Waals surface area contributed by atoms with Crippen LogP contribution in [0, 0.1) is 11.3 Å². The normalized spacial score (nSPS) is 17.8. The van der Waals surface area contributed by atoms with Gasteiger partial charge in [0, 0.05) is 6.42 Å². The van der Waals surface area contributed by atoms with Crippen LogP contribution in [0.2, 0.25) is 0 Å². The number of anilines is 1. The smallest absolute Gasteiger partial charge is 0.307 e. The molecular weight excluding hydrogens is 246 g/mol. The maximum absolute atomic E-state index is 11.4. The minimum atomic E-state index is -0.344. The van der Waals surface area contributed by atoms with Gasteiger partial charge in [-0.05, 0) is 24.3 Å². The highest BCUT2D eigenvalue weighted by atomic mass is 16.5. The van der Waals surface area contributed by atoms with Gasteiger partial charge >= 0.3 is 5.97 Å². The zero-order valence-electron chi connectivity index (χ0n) is 10.4. The first-order valence-corrected chi connectivity index (χ1v) is 5.76. The number of hydrazone groups is 1. The Bertz CT molecular complexity index is 545. The Morgan fingerprint density at radius 2 is 2.26 bits per heavy atom. The van der Waals surface area contributed by atoms with Gasteiger partial charge in [-0.1, -0.05) is 0 Å². The molecule has 1 aromatic rings. The molecule has 98 valence electrons. The molecule has 6 heteroatoms. The summed E-state index contributed by atoms with van der Waals surface area (Å²) in [6.45, 7) is 0. The van der Waals surface area contributed by atoms with Crippen LogP contribution in [-0.2, 0) is 9.53 Å². The van der Waals surface area contributed by atoms with Crippen molar-refractivity contribution in [2.75, 3.05) is 12.1 Å². The number of methoxy groups -OCH3 is 1. The van der Waals surface area contributed by atoms with E-state index < -0.39 is 0 Å². The second kappa shape index (κ2) is 5.40. The molecule has 1 unspecified atom stereocenters. The average molecular weight is 259 g/mol. The van der Waals surface area contributed by atoms with Crippen molar-refractivity contribution in [2.45, 2.75) is 18.9 Å². The van der Waals surface area contributed by atoms with E-state index in [2.05, 4.69) is 9.84 Å². The number of hydrogen-bond donors (Lipinski definition) is 1. The number of aromatic hydroxyl groups is 1. The number of carbonyl (C=O) groups is 1. The number of phenolic OH excluding ortho intramolecular Hbond substituents is 1. The van der Waals surface area contributed by atoms with Gasteiger partial charge in [-0.15, -0.1) is 0 Å². The third kappa shape index (κ3) is 2.83. The number of nitriles is 1. The van der Waals surface area contributed by atoms with Crippen LogP contribution in [0.3, 0.4) is 0 Å². The molecule has 1 N–H and O–H groups in total. The van der Waals surface area contributed by atoms with Gasteiger partial charge in [0.2, 0.25) is 0 Å². The summed E-state index contributed by atoms with van der Waals surface area (Å²) < 4.78 is 4.64. The van der Waals surface area contributed by atoms with Gasteiger partial charge in [0.1, 0.15) is 17.5 Å². The predicted molar refractivity (Wildman–Crippen MR) is 68.7 cm³/mol. The highest BCUT2D eigenvalue weighted by molar-refractivity contribution is 6.01. The molecule has 1 aliphatic rings. The van der Waals surface area contributed by atoms with E-state index in [0.29, 0.717) is 12.1 Å². The first-order valence-electron chi connectivity index (χ1n) is 5.76. The minimum absolute atomic E-state index is 0.150. The van der Waals surface area contributed by atoms with Gasteiger partial charge in [-0.3, -0.25) is 9.80 Å². The van der Waals surface area contributed by atoms with Gasteiger partial charge in [-0.25, -0.2) is 0 Å². The van der Waals surface area contributed by atoms with E-state index in [1.807, 2.05) is 6.07 Å². The summed E-state index contributed by atoms with van der Waals surface area (Å²) in [5, 5.41) is 24.0. The molecule has 19 heavy (non-hydrogen) atoms. The van der Waals surface area contributed by atoms with Gasteiger partial charge in [0.15, 0.2) is 0 Å². The van der Waals surface area contributed by atoms with E-state index >= 15 is 0 Å². The zero-order chi connectivity index (χ0) is 13.8. The second-order valence-corrected chi connectivity index (χ2v) is 4.16. The van der Waals surface area contributed by atoms with E-state index in [1.54, 1.807) is 17.1 Å². The quantitative estimate of drug-likeness (QED) is 0.829. The molecule has 1 heterocycles. The third-order valence-electron chi connectivity index (χ3n) is 2.88. The Labute approximate surface area is 110 Å². The molecule has 0 spiro atoms. The van der Waals surface area contributed by atoms with Crippen LogP contribution >= 0.6 is 0 Å². The number of benzene rings is 1. The summed E-state index contributed by atoms with van der Waals surface area (Å²) in [5.74, 6) is -0.194. The van der Waals surface area contributed by atoms with Crippen molar-refractivity contribution >= 4 is 17.4 Å². The SMILES string of the molecule is COC(=O)CC1CC(C#N)=NN1c1ccc(O)cc1. The fourth-order valence-corrected chi connectivity index (χ4v) is 1.94. The van der Waals surface area contributed by atoms with Crippen molar-refractivity contribution in [1.82, 2.24) is 0 Å². The van der Waals surface area contributed by atoms with E-state index in [0.717, 1.165) is 5.69 Å². The summed E-state index contributed by atoms with van der Waals surface area (Å²) in [4.78, 5) is 11.4. The van der Waals surface area contributed by atoms with E-state index in [9.17, 15) is 9.90 Å². The molecule has 0 fully saturated rings. The Morgan fingerprint density at radius 1 is 1.58 bits per heavy atom. The van der Waals surface area contributed by atoms with Gasteiger partial charge in [0.05, 0.1) is 25.3 Å². The molecule has 0 amide bonds. The third-order valence-corrected chi connectivity index (χ3v) is 2.88. The Hall–Kier alpha value is -2.55. The molecule has 0 radical (unpaired) electrons. The summed E-state index contributed by atoms with van der Waals surface area (Å²) in [5.41, 5.74) is 1.10. The molecule has 1 aliphatic heterocycles. The number of hydrogen-bond acceptors (Lipinski definition) is 6. The van der Waals surface area contributed by atoms with Crippen LogP contribution in [-0.4, -0.2) is 29.9 Å². The fraction of sp³-hybridized carbons (Fsp3) is 0.308. The topological polar surface area (TPSA) is 85.9 Å². The highest BCUT2D eigenvalue weighted by Crippen LogP contribution is 2.27. The number of nitrogens with zero attached hydrogens (tertiary/aromatic N) is 3. The summed E-state index contributed by atoms with van der Waals surface area (Å²) in [6, 6.07) is 8.21. The van der Waals surface area contributed by atoms with Crippen molar-refractivity contribution in [1.29, 1.82) is 5.26 Å². The molecule has 2 rings (SSSR count). The number of carbonyl (C=O) groups excluding carboxylic acids is 1. The Balaban J connectivity index is 2.23. The van der Waals surface area contributed by atoms with Crippen molar-refractivity contribution in [2.24, 2.45) is 5.10 Å². The summed E-state index contributed by atoms with van der Waals surface area (Å²) in [6.07, 6.45) is 0.568. The van der Waals surface area contributed by atoms with E-state index in [4.69, 9.17) is 5.26 Å². The predicted octanol–water partition coefficient (Wildman–Crippen LogP) is 1.41. The first kappa shape index (κ1) is 12.9. The number of esters is 1. The Kier molecular flexibility index (Phi) is 3.66. The lowest BCUT2D eigenvalue weighted by Crippen LogP contribution is -2.29. The van der Waals surface area contributed by atoms with Crippen LogP contribution in [0.5, 0.6) is 5.75 Å². The van der Waals surface area contributed by atoms with Crippen LogP contribution in [0.1, 0.15) is 12.8 Å². The second-order valence-electron chi connectivity index (χ2n) is 4.16. The van der Waals surface area contributed by atoms with Crippen molar-refractivity contribution in [3.63, 3.8) is 0 Å². The minimum Gasteiger partial charge on any atom is -0.508 e. The number of phenols is 1. The molecule has 0 aliphatic carbocycles. The molecule has 0 saturated carbocycles. The standard InChI is InChI=1S/C13H13N3O3/c1-19-13(18)7-11-6-9(8-14)15-16(11)10-2-4-12(17)5-3-10/h2-5,11,17H,6-7H2,1H3. The summed E-state index contributed by atoms with van der Waals surface area (Å²) in [7, 11) is 1.33.